The highest BCUT2D eigenvalue weighted by Crippen LogP contribution is 2.28. The van der Waals surface area contributed by atoms with Crippen LogP contribution < -0.4 is 16.0 Å². The third kappa shape index (κ3) is 5.00. The highest BCUT2D eigenvalue weighted by atomic mass is 35.5. The van der Waals surface area contributed by atoms with Gasteiger partial charge in [-0.2, -0.15) is 0 Å². The van der Waals surface area contributed by atoms with Crippen LogP contribution in [-0.4, -0.2) is 39.1 Å². The van der Waals surface area contributed by atoms with Gasteiger partial charge in [0.15, 0.2) is 0 Å². The van der Waals surface area contributed by atoms with Gasteiger partial charge < -0.3 is 19.7 Å². The van der Waals surface area contributed by atoms with Crippen LogP contribution in [0.15, 0.2) is 27.8 Å². The Morgan fingerprint density at radius 1 is 1.15 bits per heavy atom. The molecule has 0 radical (unpaired) electrons. The molecule has 142 valence electrons. The first-order valence-electron chi connectivity index (χ1n) is 7.30. The van der Waals surface area contributed by atoms with E-state index in [1.165, 1.54) is 12.1 Å². The molecule has 0 unspecified atom stereocenters. The van der Waals surface area contributed by atoms with Crippen molar-refractivity contribution >= 4 is 34.8 Å². The fourth-order valence-electron chi connectivity index (χ4n) is 1.95. The number of H-pyrrole nitrogens is 1. The predicted octanol–water partition coefficient (Wildman–Crippen LogP) is 1.40. The van der Waals surface area contributed by atoms with Crippen LogP contribution in [0.5, 0.6) is 5.75 Å². The number of ether oxygens (including phenoxy) is 2. The monoisotopic (exact) mass is 424 g/mol. The second kappa shape index (κ2) is 9.40. The number of halogens is 3. The summed E-state index contributed by atoms with van der Waals surface area (Å²) in [4.78, 5) is 25.9. The van der Waals surface area contributed by atoms with Crippen LogP contribution in [0.25, 0.3) is 0 Å². The van der Waals surface area contributed by atoms with Crippen LogP contribution in [0.2, 0.25) is 15.1 Å². The third-order valence-electron chi connectivity index (χ3n) is 3.35. The number of aromatic nitrogens is 2. The first kappa shape index (κ1) is 20.8. The number of nitrogens with zero attached hydrogens (tertiary/aromatic N) is 1. The lowest BCUT2D eigenvalue weighted by Crippen LogP contribution is -2.36. The summed E-state index contributed by atoms with van der Waals surface area (Å²) in [6, 6.07) is 4.56. The molecule has 8 nitrogen and oxygen atoms in total. The Morgan fingerprint density at radius 2 is 1.85 bits per heavy atom. The molecular weight excluding hydrogens is 411 g/mol. The molecule has 0 saturated carbocycles. The number of hydrogen-bond donors (Lipinski definition) is 3. The molecule has 3 N–H and O–H groups in total. The van der Waals surface area contributed by atoms with E-state index in [-0.39, 0.29) is 34.8 Å². The predicted molar refractivity (Wildman–Crippen MR) is 96.2 cm³/mol. The molecule has 11 heteroatoms. The maximum absolute atomic E-state index is 12.1. The lowest BCUT2D eigenvalue weighted by Gasteiger charge is -2.18. The van der Waals surface area contributed by atoms with E-state index in [0.717, 1.165) is 4.57 Å². The Hall–Kier alpha value is -1.55. The molecular formula is C15H15Cl3N2O6. The van der Waals surface area contributed by atoms with Gasteiger partial charge in [-0.25, -0.2) is 4.79 Å². The van der Waals surface area contributed by atoms with E-state index >= 15 is 0 Å². The molecule has 1 heterocycles. The normalized spacial score (nSPS) is 11.2. The number of rotatable bonds is 8. The number of benzene rings is 1. The van der Waals surface area contributed by atoms with E-state index < -0.39 is 30.6 Å². The second-order valence-electron chi connectivity index (χ2n) is 5.09. The highest BCUT2D eigenvalue weighted by molar-refractivity contribution is 6.35. The smallest absolute Gasteiger partial charge is 0.330 e. The molecule has 0 atom stereocenters. The Balaban J connectivity index is 2.30. The number of nitrogens with one attached hydrogen (secondary N) is 1. The highest BCUT2D eigenvalue weighted by Gasteiger charge is 2.16. The lowest BCUT2D eigenvalue weighted by atomic mass is 10.3. The molecule has 0 saturated heterocycles. The minimum Gasteiger partial charge on any atom is -0.486 e. The first-order chi connectivity index (χ1) is 12.4. The van der Waals surface area contributed by atoms with Crippen LogP contribution in [0, 0.1) is 0 Å². The third-order valence-corrected chi connectivity index (χ3v) is 4.27. The van der Waals surface area contributed by atoms with Crippen molar-refractivity contribution in [1.82, 2.24) is 9.55 Å². The van der Waals surface area contributed by atoms with Crippen molar-refractivity contribution in [3.8, 4) is 5.75 Å². The van der Waals surface area contributed by atoms with Crippen molar-refractivity contribution < 1.29 is 19.7 Å². The SMILES string of the molecule is O=c1[nH]c(=O)n(COC(CO)CO)c(COc2ccc(Cl)cc2Cl)c1Cl. The first-order valence-corrected chi connectivity index (χ1v) is 8.43. The van der Waals surface area contributed by atoms with Crippen molar-refractivity contribution in [3.05, 3.63) is 59.8 Å². The average Bonchev–Trinajstić information content (AvgIpc) is 2.60. The molecule has 0 bridgehead atoms. The number of aliphatic hydroxyl groups excluding tert-OH is 2. The molecule has 26 heavy (non-hydrogen) atoms. The number of aromatic amines is 1. The zero-order valence-corrected chi connectivity index (χ0v) is 15.5. The molecule has 0 spiro atoms. The second-order valence-corrected chi connectivity index (χ2v) is 6.32. The molecule has 0 amide bonds. The van der Waals surface area contributed by atoms with E-state index in [1.54, 1.807) is 6.07 Å². The minimum absolute atomic E-state index is 0.0427. The summed E-state index contributed by atoms with van der Waals surface area (Å²) in [7, 11) is 0. The van der Waals surface area contributed by atoms with Crippen molar-refractivity contribution in [2.75, 3.05) is 13.2 Å². The topological polar surface area (TPSA) is 114 Å². The van der Waals surface area contributed by atoms with Gasteiger partial charge >= 0.3 is 5.69 Å². The average molecular weight is 426 g/mol. The summed E-state index contributed by atoms with van der Waals surface area (Å²) in [6.45, 7) is -1.52. The van der Waals surface area contributed by atoms with Gasteiger partial charge in [0, 0.05) is 5.02 Å². The van der Waals surface area contributed by atoms with Gasteiger partial charge in [-0.15, -0.1) is 0 Å². The molecule has 1 aromatic carbocycles. The van der Waals surface area contributed by atoms with Gasteiger partial charge in [0.25, 0.3) is 5.56 Å². The molecule has 0 aliphatic heterocycles. The summed E-state index contributed by atoms with van der Waals surface area (Å²) in [5.74, 6) is 0.274. The summed E-state index contributed by atoms with van der Waals surface area (Å²) in [5.41, 5.74) is -1.52. The van der Waals surface area contributed by atoms with Crippen LogP contribution in [-0.2, 0) is 18.1 Å². The van der Waals surface area contributed by atoms with Crippen LogP contribution in [0.1, 0.15) is 5.69 Å². The standard InChI is InChI=1S/C15H15Cl3N2O6/c16-8-1-2-12(10(17)3-8)25-6-11-13(18)14(23)19-15(24)20(11)7-26-9(4-21)5-22/h1-3,9,21-22H,4-7H2,(H,19,23,24). The van der Waals surface area contributed by atoms with Gasteiger partial charge in [0.2, 0.25) is 0 Å². The van der Waals surface area contributed by atoms with Gasteiger partial charge in [0.1, 0.15) is 30.2 Å². The largest absolute Gasteiger partial charge is 0.486 e. The van der Waals surface area contributed by atoms with Crippen LogP contribution in [0.3, 0.4) is 0 Å². The van der Waals surface area contributed by atoms with Gasteiger partial charge in [-0.3, -0.25) is 14.3 Å². The quantitative estimate of drug-likeness (QED) is 0.589. The summed E-state index contributed by atoms with van der Waals surface area (Å²) in [5, 5.41) is 18.5. The fourth-order valence-corrected chi connectivity index (χ4v) is 2.62. The Labute approximate surface area is 162 Å². The van der Waals surface area contributed by atoms with E-state index in [2.05, 4.69) is 0 Å². The van der Waals surface area contributed by atoms with Crippen LogP contribution in [0.4, 0.5) is 0 Å². The van der Waals surface area contributed by atoms with Gasteiger partial charge in [-0.1, -0.05) is 34.8 Å². The lowest BCUT2D eigenvalue weighted by molar-refractivity contribution is -0.0526. The summed E-state index contributed by atoms with van der Waals surface area (Å²) >= 11 is 17.8. The van der Waals surface area contributed by atoms with E-state index in [4.69, 9.17) is 54.5 Å². The van der Waals surface area contributed by atoms with Gasteiger partial charge in [0.05, 0.1) is 23.9 Å². The number of hydrogen-bond acceptors (Lipinski definition) is 6. The van der Waals surface area contributed by atoms with Crippen LogP contribution >= 0.6 is 34.8 Å². The zero-order valence-electron chi connectivity index (χ0n) is 13.2. The fraction of sp³-hybridized carbons (Fsp3) is 0.333. The number of aliphatic hydroxyl groups is 2. The van der Waals surface area contributed by atoms with E-state index in [0.29, 0.717) is 5.02 Å². The Kier molecular flexibility index (Phi) is 7.51. The van der Waals surface area contributed by atoms with Crippen molar-refractivity contribution in [2.45, 2.75) is 19.4 Å². The van der Waals surface area contributed by atoms with Crippen molar-refractivity contribution in [2.24, 2.45) is 0 Å². The van der Waals surface area contributed by atoms with Gasteiger partial charge in [-0.05, 0) is 18.2 Å². The molecule has 0 fully saturated rings. The van der Waals surface area contributed by atoms with Crippen molar-refractivity contribution in [1.29, 1.82) is 0 Å². The minimum atomic E-state index is -0.896. The maximum Gasteiger partial charge on any atom is 0.330 e. The van der Waals surface area contributed by atoms with E-state index in [1.807, 2.05) is 4.98 Å². The van der Waals surface area contributed by atoms with Crippen molar-refractivity contribution in [3.63, 3.8) is 0 Å². The molecule has 0 aliphatic rings. The molecule has 2 rings (SSSR count). The molecule has 1 aromatic heterocycles. The molecule has 2 aromatic rings. The maximum atomic E-state index is 12.1. The summed E-state index contributed by atoms with van der Waals surface area (Å²) < 4.78 is 11.8. The zero-order chi connectivity index (χ0) is 19.3. The van der Waals surface area contributed by atoms with E-state index in [9.17, 15) is 9.59 Å². The summed E-state index contributed by atoms with van der Waals surface area (Å²) in [6.07, 6.45) is -0.896. The Bertz CT molecular complexity index is 879. The Morgan fingerprint density at radius 3 is 2.46 bits per heavy atom. The molecule has 0 aliphatic carbocycles.